The van der Waals surface area contributed by atoms with Crippen molar-refractivity contribution >= 4 is 0 Å². The Labute approximate surface area is 114 Å². The van der Waals surface area contributed by atoms with Crippen LogP contribution in [0.4, 0.5) is 0 Å². The van der Waals surface area contributed by atoms with Crippen LogP contribution in [0.5, 0.6) is 11.5 Å². The lowest BCUT2D eigenvalue weighted by Crippen LogP contribution is -2.46. The van der Waals surface area contributed by atoms with E-state index in [-0.39, 0.29) is 5.54 Å². The van der Waals surface area contributed by atoms with Gasteiger partial charge in [-0.15, -0.1) is 0 Å². The molecule has 2 heterocycles. The highest BCUT2D eigenvalue weighted by Crippen LogP contribution is 2.55. The summed E-state index contributed by atoms with van der Waals surface area (Å²) in [6.45, 7) is 2.97. The smallest absolute Gasteiger partial charge is 0.124 e. The molecular weight excluding hydrogens is 238 g/mol. The van der Waals surface area contributed by atoms with Gasteiger partial charge in [0, 0.05) is 12.1 Å². The normalized spacial score (nSPS) is 33.8. The summed E-state index contributed by atoms with van der Waals surface area (Å²) in [5.41, 5.74) is 1.38. The number of benzene rings is 1. The van der Waals surface area contributed by atoms with Gasteiger partial charge in [-0.25, -0.2) is 0 Å². The first-order valence-electron chi connectivity index (χ1n) is 7.52. The molecule has 3 nitrogen and oxygen atoms in total. The number of aromatic hydroxyl groups is 1. The Hall–Kier alpha value is -1.22. The summed E-state index contributed by atoms with van der Waals surface area (Å²) in [5, 5.41) is 9.91. The molecule has 0 amide bonds. The fourth-order valence-electron chi connectivity index (χ4n) is 4.62. The second kappa shape index (κ2) is 4.14. The molecule has 19 heavy (non-hydrogen) atoms. The minimum Gasteiger partial charge on any atom is -0.508 e. The molecule has 1 saturated heterocycles. The summed E-state index contributed by atoms with van der Waals surface area (Å²) >= 11 is 0. The van der Waals surface area contributed by atoms with E-state index in [2.05, 4.69) is 4.90 Å². The Bertz CT molecular complexity index is 502. The van der Waals surface area contributed by atoms with Crippen LogP contribution in [0.25, 0.3) is 0 Å². The number of nitrogens with zero attached hydrogens (tertiary/aromatic N) is 1. The van der Waals surface area contributed by atoms with Gasteiger partial charge in [-0.1, -0.05) is 12.8 Å². The van der Waals surface area contributed by atoms with Gasteiger partial charge in [0.15, 0.2) is 0 Å². The third-order valence-electron chi connectivity index (χ3n) is 5.40. The van der Waals surface area contributed by atoms with Crippen LogP contribution in [0, 0.1) is 5.92 Å². The quantitative estimate of drug-likeness (QED) is 0.777. The molecular formula is C16H21NO2. The van der Waals surface area contributed by atoms with Gasteiger partial charge in [-0.3, -0.25) is 4.90 Å². The lowest BCUT2D eigenvalue weighted by atomic mass is 9.69. The highest BCUT2D eigenvalue weighted by molar-refractivity contribution is 5.46. The number of phenols is 1. The van der Waals surface area contributed by atoms with Crippen molar-refractivity contribution in [1.29, 1.82) is 0 Å². The summed E-state index contributed by atoms with van der Waals surface area (Å²) in [5.74, 6) is 2.10. The maximum atomic E-state index is 9.91. The maximum absolute atomic E-state index is 9.91. The zero-order valence-corrected chi connectivity index (χ0v) is 11.3. The van der Waals surface area contributed by atoms with Gasteiger partial charge in [0.05, 0.1) is 5.54 Å². The molecule has 2 aliphatic heterocycles. The van der Waals surface area contributed by atoms with E-state index in [1.165, 1.54) is 44.2 Å². The van der Waals surface area contributed by atoms with Gasteiger partial charge in [-0.05, 0) is 49.9 Å². The van der Waals surface area contributed by atoms with Crippen LogP contribution >= 0.6 is 0 Å². The van der Waals surface area contributed by atoms with Crippen molar-refractivity contribution in [2.24, 2.45) is 5.92 Å². The van der Waals surface area contributed by atoms with E-state index in [0.29, 0.717) is 5.75 Å². The maximum Gasteiger partial charge on any atom is 0.124 e. The Morgan fingerprint density at radius 3 is 3.11 bits per heavy atom. The predicted octanol–water partition coefficient (Wildman–Crippen LogP) is 2.88. The highest BCUT2D eigenvalue weighted by Gasteiger charge is 2.52. The van der Waals surface area contributed by atoms with Crippen molar-refractivity contribution in [3.63, 3.8) is 0 Å². The zero-order valence-electron chi connectivity index (χ0n) is 11.3. The third kappa shape index (κ3) is 1.54. The molecule has 3 aliphatic rings. The first kappa shape index (κ1) is 11.6. The van der Waals surface area contributed by atoms with E-state index in [9.17, 15) is 5.11 Å². The molecule has 1 aromatic rings. The molecule has 0 unspecified atom stereocenters. The molecule has 0 radical (unpaired) electrons. The molecule has 102 valence electrons. The number of rotatable bonds is 0. The fourth-order valence-corrected chi connectivity index (χ4v) is 4.62. The van der Waals surface area contributed by atoms with Crippen molar-refractivity contribution in [1.82, 2.24) is 4.90 Å². The monoisotopic (exact) mass is 259 g/mol. The van der Waals surface area contributed by atoms with Gasteiger partial charge in [0.1, 0.15) is 18.1 Å². The van der Waals surface area contributed by atoms with Crippen LogP contribution < -0.4 is 4.74 Å². The first-order chi connectivity index (χ1) is 9.30. The van der Waals surface area contributed by atoms with E-state index >= 15 is 0 Å². The van der Waals surface area contributed by atoms with Crippen LogP contribution in [0.2, 0.25) is 0 Å². The molecule has 1 saturated carbocycles. The van der Waals surface area contributed by atoms with E-state index in [1.54, 1.807) is 6.07 Å². The van der Waals surface area contributed by atoms with E-state index in [1.807, 2.05) is 12.1 Å². The molecule has 1 aliphatic carbocycles. The van der Waals surface area contributed by atoms with Crippen LogP contribution in [0.15, 0.2) is 18.2 Å². The Balaban J connectivity index is 1.91. The van der Waals surface area contributed by atoms with Crippen molar-refractivity contribution in [3.05, 3.63) is 23.8 Å². The van der Waals surface area contributed by atoms with E-state index in [0.717, 1.165) is 24.8 Å². The highest BCUT2D eigenvalue weighted by atomic mass is 16.5. The Morgan fingerprint density at radius 1 is 1.21 bits per heavy atom. The molecule has 3 heteroatoms. The standard InChI is InChI=1S/C16H21NO2/c18-13-4-5-15-14(11-13)16-7-2-1-3-12(16)6-8-17(16)9-10-19-15/h4-5,11-12,18H,1-3,6-10H2/t12-,16+/m0/s1. The SMILES string of the molecule is Oc1ccc2c(c1)[C@@]13CCCC[C@H]1CCN3CCO2. The van der Waals surface area contributed by atoms with Crippen molar-refractivity contribution in [2.75, 3.05) is 19.7 Å². The third-order valence-corrected chi connectivity index (χ3v) is 5.40. The average Bonchev–Trinajstić information content (AvgIpc) is 2.74. The van der Waals surface area contributed by atoms with Crippen LogP contribution in [-0.4, -0.2) is 29.7 Å². The second-order valence-electron chi connectivity index (χ2n) is 6.17. The second-order valence-corrected chi connectivity index (χ2v) is 6.17. The Morgan fingerprint density at radius 2 is 2.16 bits per heavy atom. The summed E-state index contributed by atoms with van der Waals surface area (Å²) < 4.78 is 5.93. The van der Waals surface area contributed by atoms with Crippen LogP contribution in [0.1, 0.15) is 37.7 Å². The van der Waals surface area contributed by atoms with Crippen LogP contribution in [-0.2, 0) is 5.54 Å². The fraction of sp³-hybridized carbons (Fsp3) is 0.625. The summed E-state index contributed by atoms with van der Waals surface area (Å²) in [4.78, 5) is 2.63. The van der Waals surface area contributed by atoms with Crippen LogP contribution in [0.3, 0.4) is 0 Å². The minimum absolute atomic E-state index is 0.142. The lowest BCUT2D eigenvalue weighted by Gasteiger charge is -2.45. The Kier molecular flexibility index (Phi) is 2.52. The number of hydrogen-bond donors (Lipinski definition) is 1. The lowest BCUT2D eigenvalue weighted by molar-refractivity contribution is 0.0624. The molecule has 4 rings (SSSR count). The van der Waals surface area contributed by atoms with Gasteiger partial charge in [0.25, 0.3) is 0 Å². The number of phenolic OH excluding ortho intramolecular Hbond substituents is 1. The molecule has 1 aromatic carbocycles. The number of hydrogen-bond acceptors (Lipinski definition) is 3. The molecule has 0 bridgehead atoms. The number of ether oxygens (including phenoxy) is 1. The average molecular weight is 259 g/mol. The topological polar surface area (TPSA) is 32.7 Å². The largest absolute Gasteiger partial charge is 0.508 e. The van der Waals surface area contributed by atoms with Crippen molar-refractivity contribution < 1.29 is 9.84 Å². The molecule has 2 atom stereocenters. The van der Waals surface area contributed by atoms with Gasteiger partial charge >= 0.3 is 0 Å². The van der Waals surface area contributed by atoms with Gasteiger partial charge in [0.2, 0.25) is 0 Å². The van der Waals surface area contributed by atoms with E-state index in [4.69, 9.17) is 4.74 Å². The molecule has 1 spiro atoms. The first-order valence-corrected chi connectivity index (χ1v) is 7.52. The van der Waals surface area contributed by atoms with E-state index < -0.39 is 0 Å². The zero-order chi connectivity index (χ0) is 12.9. The summed E-state index contributed by atoms with van der Waals surface area (Å²) in [6.07, 6.45) is 6.50. The minimum atomic E-state index is 0.142. The van der Waals surface area contributed by atoms with Crippen molar-refractivity contribution in [2.45, 2.75) is 37.6 Å². The predicted molar refractivity (Wildman–Crippen MR) is 73.4 cm³/mol. The molecule has 2 fully saturated rings. The van der Waals surface area contributed by atoms with Gasteiger partial charge < -0.3 is 9.84 Å². The summed E-state index contributed by atoms with van der Waals surface area (Å²) in [7, 11) is 0. The molecule has 0 aromatic heterocycles. The number of fused-ring (bicyclic) bond motifs is 1. The van der Waals surface area contributed by atoms with Crippen molar-refractivity contribution in [3.8, 4) is 11.5 Å². The molecule has 1 N–H and O–H groups in total. The van der Waals surface area contributed by atoms with Gasteiger partial charge in [-0.2, -0.15) is 0 Å². The summed E-state index contributed by atoms with van der Waals surface area (Å²) in [6, 6.07) is 5.65.